The van der Waals surface area contributed by atoms with E-state index in [1.54, 1.807) is 0 Å². The first-order valence-corrected chi connectivity index (χ1v) is 12.6. The zero-order valence-electron chi connectivity index (χ0n) is 19.4. The van der Waals surface area contributed by atoms with Gasteiger partial charge in [0.1, 0.15) is 35.5 Å². The van der Waals surface area contributed by atoms with Crippen LogP contribution in [-0.2, 0) is 6.42 Å². The van der Waals surface area contributed by atoms with Crippen LogP contribution in [0.2, 0.25) is 5.02 Å². The molecule has 3 aliphatic carbocycles. The van der Waals surface area contributed by atoms with Crippen molar-refractivity contribution < 1.29 is 14.6 Å². The molecule has 186 valence electrons. The highest BCUT2D eigenvalue weighted by atomic mass is 35.5. The molecule has 0 aliphatic heterocycles. The largest absolute Gasteiger partial charge is 0.390 e. The third-order valence-corrected chi connectivity index (χ3v) is 9.17. The molecule has 3 heterocycles. The number of rotatable bonds is 5. The van der Waals surface area contributed by atoms with E-state index in [4.69, 9.17) is 23.1 Å². The van der Waals surface area contributed by atoms with Crippen LogP contribution in [0.4, 0.5) is 16.0 Å². The van der Waals surface area contributed by atoms with Crippen molar-refractivity contribution in [2.45, 2.75) is 43.9 Å². The Morgan fingerprint density at radius 2 is 1.94 bits per heavy atom. The highest BCUT2D eigenvalue weighted by molar-refractivity contribution is 6.33. The van der Waals surface area contributed by atoms with Crippen LogP contribution in [0.15, 0.2) is 36.8 Å². The molecule has 0 spiro atoms. The van der Waals surface area contributed by atoms with Crippen LogP contribution < -0.4 is 11.5 Å². The van der Waals surface area contributed by atoms with Crippen LogP contribution in [0, 0.1) is 29.0 Å². The molecule has 10 heteroatoms. The molecule has 0 radical (unpaired) electrons. The van der Waals surface area contributed by atoms with Crippen molar-refractivity contribution in [3.8, 4) is 0 Å². The maximum absolute atomic E-state index is 15.0. The molecule has 1 aromatic carbocycles. The summed E-state index contributed by atoms with van der Waals surface area (Å²) in [5.74, 6) is 0.784. The van der Waals surface area contributed by atoms with Gasteiger partial charge in [-0.1, -0.05) is 11.6 Å². The van der Waals surface area contributed by atoms with Gasteiger partial charge >= 0.3 is 0 Å². The van der Waals surface area contributed by atoms with E-state index in [0.29, 0.717) is 34.7 Å². The summed E-state index contributed by atoms with van der Waals surface area (Å²) in [6.45, 7) is 0. The molecule has 6 N–H and O–H groups in total. The number of nitrogens with two attached hydrogens (primary N) is 2. The lowest BCUT2D eigenvalue weighted by molar-refractivity contribution is -0.0349. The number of aromatic nitrogens is 4. The Hall–Kier alpha value is -3.01. The van der Waals surface area contributed by atoms with Gasteiger partial charge in [-0.3, -0.25) is 0 Å². The Morgan fingerprint density at radius 3 is 2.72 bits per heavy atom. The lowest BCUT2D eigenvalue weighted by atomic mass is 9.77. The van der Waals surface area contributed by atoms with Crippen LogP contribution in [0.5, 0.6) is 0 Å². The fraction of sp³-hybridized carbons (Fsp3) is 0.423. The molecule has 3 aromatic heterocycles. The van der Waals surface area contributed by atoms with Crippen LogP contribution >= 0.6 is 11.6 Å². The quantitative estimate of drug-likeness (QED) is 0.324. The second-order valence-corrected chi connectivity index (χ2v) is 11.1. The smallest absolute Gasteiger partial charge is 0.145 e. The van der Waals surface area contributed by atoms with Crippen molar-refractivity contribution in [1.82, 2.24) is 19.5 Å². The van der Waals surface area contributed by atoms with Gasteiger partial charge in [0.05, 0.1) is 28.1 Å². The monoisotopic (exact) mass is 508 g/mol. The SMILES string of the molecule is Nc1nc2cc(C[C@@H](C3CC3)C34CC3C(n3ccc5c(N)ncnc53)C(O)C4O)cc(F)c2cc1Cl. The van der Waals surface area contributed by atoms with Gasteiger partial charge in [0, 0.05) is 17.0 Å². The molecular weight excluding hydrogens is 483 g/mol. The molecule has 3 saturated carbocycles. The summed E-state index contributed by atoms with van der Waals surface area (Å²) in [4.78, 5) is 12.8. The van der Waals surface area contributed by atoms with E-state index >= 15 is 4.39 Å². The zero-order chi connectivity index (χ0) is 24.9. The number of fused-ring (bicyclic) bond motifs is 3. The van der Waals surface area contributed by atoms with Gasteiger partial charge in [-0.2, -0.15) is 0 Å². The Morgan fingerprint density at radius 1 is 1.14 bits per heavy atom. The first-order valence-electron chi connectivity index (χ1n) is 12.3. The first kappa shape index (κ1) is 22.2. The van der Waals surface area contributed by atoms with E-state index in [-0.39, 0.29) is 28.7 Å². The number of nitrogen functional groups attached to an aromatic ring is 2. The third kappa shape index (κ3) is 3.02. The number of aliphatic hydroxyl groups excluding tert-OH is 2. The normalized spacial score (nSPS) is 30.1. The molecule has 6 atom stereocenters. The predicted molar refractivity (Wildman–Crippen MR) is 135 cm³/mol. The highest BCUT2D eigenvalue weighted by Gasteiger charge is 2.75. The summed E-state index contributed by atoms with van der Waals surface area (Å²) in [5.41, 5.74) is 13.4. The van der Waals surface area contributed by atoms with E-state index in [2.05, 4.69) is 15.0 Å². The molecule has 8 nitrogen and oxygen atoms in total. The van der Waals surface area contributed by atoms with E-state index in [9.17, 15) is 10.2 Å². The Bertz CT molecular complexity index is 1540. The first-order chi connectivity index (χ1) is 17.3. The standard InChI is InChI=1S/C26H26ClFN6O2/c27-17-8-14-18(28)6-11(7-19(14)33-24(17)30)5-15(12-1-2-12)26-9-16(26)20(21(35)22(26)36)34-4-3-13-23(29)31-10-32-25(13)34/h3-4,6-8,10,12,15-16,20-22,35-36H,1-2,5,9H2,(H2,30,33)(H2,29,31,32)/t15-,16?,20?,21?,22?,26?/m0/s1. The van der Waals surface area contributed by atoms with E-state index in [1.165, 1.54) is 18.5 Å². The number of hydrogen-bond donors (Lipinski definition) is 4. The fourth-order valence-electron chi connectivity index (χ4n) is 7.02. The number of hydrogen-bond acceptors (Lipinski definition) is 7. The number of anilines is 2. The van der Waals surface area contributed by atoms with Crippen molar-refractivity contribution >= 4 is 45.2 Å². The number of halogens is 2. The highest BCUT2D eigenvalue weighted by Crippen LogP contribution is 2.74. The molecule has 0 bridgehead atoms. The molecule has 7 rings (SSSR count). The molecule has 5 unspecified atom stereocenters. The van der Waals surface area contributed by atoms with Crippen LogP contribution in [0.1, 0.15) is 30.9 Å². The molecule has 0 amide bonds. The van der Waals surface area contributed by atoms with Crippen molar-refractivity contribution in [2.24, 2.45) is 23.2 Å². The van der Waals surface area contributed by atoms with Gasteiger partial charge in [-0.15, -0.1) is 0 Å². The average molecular weight is 509 g/mol. The summed E-state index contributed by atoms with van der Waals surface area (Å²) in [6.07, 6.45) is 5.00. The topological polar surface area (TPSA) is 136 Å². The number of aliphatic hydroxyl groups is 2. The molecule has 0 saturated heterocycles. The third-order valence-electron chi connectivity index (χ3n) is 8.86. The molecule has 3 fully saturated rings. The molecule has 4 aromatic rings. The van der Waals surface area contributed by atoms with Gasteiger partial charge in [-0.05, 0) is 73.3 Å². The lowest BCUT2D eigenvalue weighted by Gasteiger charge is -2.31. The molecule has 3 aliphatic rings. The Kier molecular flexibility index (Phi) is 4.63. The average Bonchev–Trinajstić information content (AvgIpc) is 3.75. The number of nitrogens with zero attached hydrogens (tertiary/aromatic N) is 4. The van der Waals surface area contributed by atoms with Crippen molar-refractivity contribution in [2.75, 3.05) is 11.5 Å². The zero-order valence-corrected chi connectivity index (χ0v) is 20.1. The van der Waals surface area contributed by atoms with Crippen molar-refractivity contribution in [3.63, 3.8) is 0 Å². The molecular formula is C26H26ClFN6O2. The second-order valence-electron chi connectivity index (χ2n) is 10.7. The number of pyridine rings is 1. The predicted octanol–water partition coefficient (Wildman–Crippen LogP) is 3.49. The van der Waals surface area contributed by atoms with E-state index in [0.717, 1.165) is 30.2 Å². The Labute approximate surface area is 211 Å². The van der Waals surface area contributed by atoms with Crippen molar-refractivity contribution in [1.29, 1.82) is 0 Å². The summed E-state index contributed by atoms with van der Waals surface area (Å²) in [7, 11) is 0. The van der Waals surface area contributed by atoms with E-state index < -0.39 is 23.4 Å². The Balaban J connectivity index is 1.25. The fourth-order valence-corrected chi connectivity index (χ4v) is 7.17. The second kappa shape index (κ2) is 7.50. The minimum atomic E-state index is -0.936. The van der Waals surface area contributed by atoms with Crippen LogP contribution in [-0.4, -0.2) is 41.9 Å². The summed E-state index contributed by atoms with van der Waals surface area (Å²) in [6, 6.07) is 6.45. The minimum Gasteiger partial charge on any atom is -0.390 e. The van der Waals surface area contributed by atoms with Crippen molar-refractivity contribution in [3.05, 3.63) is 53.2 Å². The summed E-state index contributed by atoms with van der Waals surface area (Å²) in [5, 5.41) is 24.0. The maximum Gasteiger partial charge on any atom is 0.145 e. The van der Waals surface area contributed by atoms with E-state index in [1.807, 2.05) is 22.9 Å². The maximum atomic E-state index is 15.0. The van der Waals surface area contributed by atoms with Gasteiger partial charge in [-0.25, -0.2) is 19.3 Å². The molecule has 36 heavy (non-hydrogen) atoms. The van der Waals surface area contributed by atoms with Crippen LogP contribution in [0.3, 0.4) is 0 Å². The summed E-state index contributed by atoms with van der Waals surface area (Å²) < 4.78 is 17.0. The van der Waals surface area contributed by atoms with Gasteiger partial charge < -0.3 is 26.2 Å². The number of benzene rings is 1. The van der Waals surface area contributed by atoms with Crippen LogP contribution in [0.25, 0.3) is 21.9 Å². The summed E-state index contributed by atoms with van der Waals surface area (Å²) >= 11 is 6.05. The van der Waals surface area contributed by atoms with Gasteiger partial charge in [0.15, 0.2) is 0 Å². The lowest BCUT2D eigenvalue weighted by Crippen LogP contribution is -2.38. The minimum absolute atomic E-state index is 0.0813. The van der Waals surface area contributed by atoms with Gasteiger partial charge in [0.2, 0.25) is 0 Å². The van der Waals surface area contributed by atoms with Gasteiger partial charge in [0.25, 0.3) is 0 Å².